The summed E-state index contributed by atoms with van der Waals surface area (Å²) in [6.45, 7) is 6.65. The number of para-hydroxylation sites is 1. The standard InChI is InChI=1S/C18H26N2O3/c1-3-7-17(21)19-10-6-11-20(13-12-19)18(22)14-23-16-9-5-4-8-15(16)2/h4-5,8-9H,3,6-7,10-14H2,1-2H3. The first-order valence-electron chi connectivity index (χ1n) is 8.35. The van der Waals surface area contributed by atoms with Gasteiger partial charge in [-0.05, 0) is 31.4 Å². The van der Waals surface area contributed by atoms with Crippen LogP contribution in [0.1, 0.15) is 31.7 Å². The van der Waals surface area contributed by atoms with Crippen molar-refractivity contribution in [3.05, 3.63) is 29.8 Å². The second-order valence-corrected chi connectivity index (χ2v) is 5.92. The first-order valence-corrected chi connectivity index (χ1v) is 8.35. The van der Waals surface area contributed by atoms with E-state index in [4.69, 9.17) is 4.74 Å². The molecule has 0 atom stereocenters. The third-order valence-electron chi connectivity index (χ3n) is 4.11. The van der Waals surface area contributed by atoms with E-state index in [1.54, 1.807) is 4.90 Å². The van der Waals surface area contributed by atoms with Crippen LogP contribution in [0, 0.1) is 6.92 Å². The highest BCUT2D eigenvalue weighted by Crippen LogP contribution is 2.16. The van der Waals surface area contributed by atoms with E-state index in [9.17, 15) is 9.59 Å². The SMILES string of the molecule is CCCC(=O)N1CCCN(C(=O)COc2ccccc2C)CC1. The molecule has 0 radical (unpaired) electrons. The van der Waals surface area contributed by atoms with Crippen LogP contribution in [0.25, 0.3) is 0 Å². The molecule has 2 rings (SSSR count). The van der Waals surface area contributed by atoms with Gasteiger partial charge in [0.05, 0.1) is 0 Å². The van der Waals surface area contributed by atoms with Crippen LogP contribution < -0.4 is 4.74 Å². The van der Waals surface area contributed by atoms with Crippen LogP contribution in [-0.2, 0) is 9.59 Å². The van der Waals surface area contributed by atoms with E-state index in [-0.39, 0.29) is 18.4 Å². The van der Waals surface area contributed by atoms with Gasteiger partial charge in [0, 0.05) is 32.6 Å². The summed E-state index contributed by atoms with van der Waals surface area (Å²) in [4.78, 5) is 28.0. The molecule has 1 aliphatic rings. The molecule has 1 heterocycles. The number of carbonyl (C=O) groups excluding carboxylic acids is 2. The van der Waals surface area contributed by atoms with Crippen molar-refractivity contribution < 1.29 is 14.3 Å². The van der Waals surface area contributed by atoms with E-state index in [1.807, 2.05) is 43.0 Å². The summed E-state index contributed by atoms with van der Waals surface area (Å²) < 4.78 is 5.63. The van der Waals surface area contributed by atoms with Crippen molar-refractivity contribution >= 4 is 11.8 Å². The molecular weight excluding hydrogens is 292 g/mol. The maximum Gasteiger partial charge on any atom is 0.260 e. The number of rotatable bonds is 5. The lowest BCUT2D eigenvalue weighted by atomic mass is 10.2. The number of hydrogen-bond donors (Lipinski definition) is 0. The number of amides is 2. The number of hydrogen-bond acceptors (Lipinski definition) is 3. The van der Waals surface area contributed by atoms with E-state index < -0.39 is 0 Å². The van der Waals surface area contributed by atoms with E-state index in [2.05, 4.69) is 0 Å². The Morgan fingerprint density at radius 1 is 1.04 bits per heavy atom. The molecule has 0 spiro atoms. The van der Waals surface area contributed by atoms with Crippen molar-refractivity contribution in [3.8, 4) is 5.75 Å². The Bertz CT molecular complexity index is 545. The first kappa shape index (κ1) is 17.3. The second kappa shape index (κ2) is 8.56. The minimum Gasteiger partial charge on any atom is -0.484 e. The number of benzene rings is 1. The van der Waals surface area contributed by atoms with E-state index in [0.717, 1.165) is 30.7 Å². The lowest BCUT2D eigenvalue weighted by Crippen LogP contribution is -2.39. The Labute approximate surface area is 138 Å². The van der Waals surface area contributed by atoms with Gasteiger partial charge in [-0.15, -0.1) is 0 Å². The van der Waals surface area contributed by atoms with Gasteiger partial charge in [0.2, 0.25) is 5.91 Å². The van der Waals surface area contributed by atoms with Crippen LogP contribution in [0.5, 0.6) is 5.75 Å². The summed E-state index contributed by atoms with van der Waals surface area (Å²) in [6, 6.07) is 7.68. The maximum atomic E-state index is 12.3. The molecule has 2 amide bonds. The van der Waals surface area contributed by atoms with Crippen LogP contribution >= 0.6 is 0 Å². The third kappa shape index (κ3) is 4.98. The van der Waals surface area contributed by atoms with Gasteiger partial charge in [0.25, 0.3) is 5.91 Å². The highest BCUT2D eigenvalue weighted by atomic mass is 16.5. The largest absolute Gasteiger partial charge is 0.484 e. The zero-order valence-corrected chi connectivity index (χ0v) is 14.1. The lowest BCUT2D eigenvalue weighted by molar-refractivity contribution is -0.134. The Kier molecular flexibility index (Phi) is 6.44. The zero-order chi connectivity index (χ0) is 16.7. The Morgan fingerprint density at radius 2 is 1.70 bits per heavy atom. The molecule has 1 saturated heterocycles. The zero-order valence-electron chi connectivity index (χ0n) is 14.1. The van der Waals surface area contributed by atoms with Crippen molar-refractivity contribution in [1.29, 1.82) is 0 Å². The average molecular weight is 318 g/mol. The molecule has 126 valence electrons. The number of nitrogens with zero attached hydrogens (tertiary/aromatic N) is 2. The van der Waals surface area contributed by atoms with Gasteiger partial charge in [-0.25, -0.2) is 0 Å². The molecule has 0 aromatic heterocycles. The van der Waals surface area contributed by atoms with Crippen LogP contribution in [0.4, 0.5) is 0 Å². The van der Waals surface area contributed by atoms with E-state index in [1.165, 1.54) is 0 Å². The van der Waals surface area contributed by atoms with Crippen LogP contribution in [0.2, 0.25) is 0 Å². The Hall–Kier alpha value is -2.04. The number of carbonyl (C=O) groups is 2. The van der Waals surface area contributed by atoms with Crippen LogP contribution in [-0.4, -0.2) is 54.4 Å². The molecule has 0 unspecified atom stereocenters. The minimum atomic E-state index is -0.0157. The summed E-state index contributed by atoms with van der Waals surface area (Å²) in [7, 11) is 0. The molecule has 0 bridgehead atoms. The molecule has 5 heteroatoms. The smallest absolute Gasteiger partial charge is 0.260 e. The van der Waals surface area contributed by atoms with E-state index >= 15 is 0 Å². The van der Waals surface area contributed by atoms with Gasteiger partial charge >= 0.3 is 0 Å². The Balaban J connectivity index is 1.83. The van der Waals surface area contributed by atoms with Gasteiger partial charge in [0.1, 0.15) is 5.75 Å². The van der Waals surface area contributed by atoms with Crippen LogP contribution in [0.15, 0.2) is 24.3 Å². The molecule has 1 aromatic rings. The summed E-state index contributed by atoms with van der Waals surface area (Å²) >= 11 is 0. The summed E-state index contributed by atoms with van der Waals surface area (Å²) in [5.74, 6) is 0.923. The maximum absolute atomic E-state index is 12.3. The topological polar surface area (TPSA) is 49.9 Å². The van der Waals surface area contributed by atoms with Crippen molar-refractivity contribution in [2.45, 2.75) is 33.1 Å². The molecule has 1 fully saturated rings. The van der Waals surface area contributed by atoms with Gasteiger partial charge in [-0.3, -0.25) is 9.59 Å². The fraction of sp³-hybridized carbons (Fsp3) is 0.556. The minimum absolute atomic E-state index is 0.0157. The van der Waals surface area contributed by atoms with Crippen molar-refractivity contribution in [3.63, 3.8) is 0 Å². The van der Waals surface area contributed by atoms with E-state index in [0.29, 0.717) is 26.1 Å². The lowest BCUT2D eigenvalue weighted by Gasteiger charge is -2.22. The molecular formula is C18H26N2O3. The van der Waals surface area contributed by atoms with Gasteiger partial charge in [-0.2, -0.15) is 0 Å². The van der Waals surface area contributed by atoms with Crippen molar-refractivity contribution in [2.24, 2.45) is 0 Å². The predicted molar refractivity (Wildman–Crippen MR) is 89.4 cm³/mol. The van der Waals surface area contributed by atoms with Gasteiger partial charge in [-0.1, -0.05) is 25.1 Å². The van der Waals surface area contributed by atoms with Crippen LogP contribution in [0.3, 0.4) is 0 Å². The molecule has 1 aromatic carbocycles. The molecule has 23 heavy (non-hydrogen) atoms. The molecule has 1 aliphatic heterocycles. The normalized spacial score (nSPS) is 15.2. The summed E-state index contributed by atoms with van der Waals surface area (Å²) in [5.41, 5.74) is 1.02. The molecule has 0 N–H and O–H groups in total. The third-order valence-corrected chi connectivity index (χ3v) is 4.11. The highest BCUT2D eigenvalue weighted by Gasteiger charge is 2.21. The van der Waals surface area contributed by atoms with Gasteiger partial charge in [0.15, 0.2) is 6.61 Å². The second-order valence-electron chi connectivity index (χ2n) is 5.92. The number of ether oxygens (including phenoxy) is 1. The molecule has 5 nitrogen and oxygen atoms in total. The fourth-order valence-corrected chi connectivity index (χ4v) is 2.74. The Morgan fingerprint density at radius 3 is 2.35 bits per heavy atom. The molecule has 0 saturated carbocycles. The quantitative estimate of drug-likeness (QED) is 0.836. The first-order chi connectivity index (χ1) is 11.1. The number of aryl methyl sites for hydroxylation is 1. The highest BCUT2D eigenvalue weighted by molar-refractivity contribution is 5.78. The summed E-state index contributed by atoms with van der Waals surface area (Å²) in [5, 5.41) is 0. The average Bonchev–Trinajstić information content (AvgIpc) is 2.80. The monoisotopic (exact) mass is 318 g/mol. The van der Waals surface area contributed by atoms with Crippen molar-refractivity contribution in [2.75, 3.05) is 32.8 Å². The predicted octanol–water partition coefficient (Wildman–Crippen LogP) is 2.23. The fourth-order valence-electron chi connectivity index (χ4n) is 2.74. The van der Waals surface area contributed by atoms with Crippen molar-refractivity contribution in [1.82, 2.24) is 9.80 Å². The molecule has 0 aliphatic carbocycles. The summed E-state index contributed by atoms with van der Waals surface area (Å²) in [6.07, 6.45) is 2.28. The van der Waals surface area contributed by atoms with Gasteiger partial charge < -0.3 is 14.5 Å².